The summed E-state index contributed by atoms with van der Waals surface area (Å²) in [4.78, 5) is 30.1. The lowest BCUT2D eigenvalue weighted by atomic mass is 9.86. The van der Waals surface area contributed by atoms with Gasteiger partial charge in [-0.25, -0.2) is 9.78 Å². The second-order valence-corrected chi connectivity index (χ2v) is 11.4. The quantitative estimate of drug-likeness (QED) is 0.274. The van der Waals surface area contributed by atoms with Gasteiger partial charge in [0, 0.05) is 12.6 Å². The van der Waals surface area contributed by atoms with E-state index < -0.39 is 5.97 Å². The smallest absolute Gasteiger partial charge is 0.323 e. The molecule has 1 aliphatic rings. The van der Waals surface area contributed by atoms with Crippen LogP contribution in [0.15, 0.2) is 34.7 Å². The minimum absolute atomic E-state index is 0.0256. The number of hydrogen-bond acceptors (Lipinski definition) is 6. The highest BCUT2D eigenvalue weighted by Crippen LogP contribution is 2.30. The zero-order valence-corrected chi connectivity index (χ0v) is 21.8. The summed E-state index contributed by atoms with van der Waals surface area (Å²) < 4.78 is 6.69. The highest BCUT2D eigenvalue weighted by Gasteiger charge is 2.28. The minimum Gasteiger partial charge on any atom is -0.494 e. The Hall–Kier alpha value is -2.26. The van der Waals surface area contributed by atoms with E-state index in [9.17, 15) is 9.59 Å². The van der Waals surface area contributed by atoms with Crippen LogP contribution in [0.3, 0.4) is 0 Å². The molecule has 34 heavy (non-hydrogen) atoms. The molecule has 1 saturated carbocycles. The molecule has 186 valence electrons. The van der Waals surface area contributed by atoms with Gasteiger partial charge < -0.3 is 14.7 Å². The number of aliphatic carboxylic acids is 1. The van der Waals surface area contributed by atoms with Crippen molar-refractivity contribution in [3.63, 3.8) is 0 Å². The first kappa shape index (κ1) is 26.3. The average molecular weight is 506 g/mol. The predicted octanol–water partition coefficient (Wildman–Crippen LogP) is 6.32. The van der Waals surface area contributed by atoms with Crippen LogP contribution >= 0.6 is 23.1 Å². The van der Waals surface area contributed by atoms with E-state index in [-0.39, 0.29) is 17.8 Å². The van der Waals surface area contributed by atoms with Crippen molar-refractivity contribution in [3.8, 4) is 5.75 Å². The summed E-state index contributed by atoms with van der Waals surface area (Å²) in [6.45, 7) is 7.76. The van der Waals surface area contributed by atoms with Crippen LogP contribution in [-0.2, 0) is 4.79 Å². The summed E-state index contributed by atoms with van der Waals surface area (Å²) in [6.07, 6.45) is 6.61. The number of carbonyl (C=O) groups excluding carboxylic acids is 1. The molecule has 1 aliphatic carbocycles. The number of urea groups is 1. The van der Waals surface area contributed by atoms with Crippen LogP contribution in [0, 0.1) is 5.92 Å². The molecule has 0 bridgehead atoms. The van der Waals surface area contributed by atoms with Crippen molar-refractivity contribution in [3.05, 3.63) is 36.0 Å². The maximum atomic E-state index is 13.2. The number of carboxylic acids is 1. The maximum Gasteiger partial charge on any atom is 0.323 e. The van der Waals surface area contributed by atoms with Gasteiger partial charge in [-0.3, -0.25) is 10.1 Å². The van der Waals surface area contributed by atoms with E-state index in [1.54, 1.807) is 6.20 Å². The monoisotopic (exact) mass is 505 g/mol. The Morgan fingerprint density at radius 3 is 2.59 bits per heavy atom. The third-order valence-corrected chi connectivity index (χ3v) is 8.17. The molecule has 9 heteroatoms. The van der Waals surface area contributed by atoms with E-state index in [0.717, 1.165) is 42.1 Å². The number of amides is 2. The lowest BCUT2D eigenvalue weighted by molar-refractivity contribution is -0.133. The van der Waals surface area contributed by atoms with Crippen molar-refractivity contribution >= 4 is 40.2 Å². The molecule has 1 fully saturated rings. The number of ether oxygens (including phenoxy) is 1. The second kappa shape index (κ2) is 13.0. The zero-order chi connectivity index (χ0) is 24.5. The molecule has 0 atom stereocenters. The number of thioether (sulfide) groups is 1. The Labute approximate surface area is 210 Å². The van der Waals surface area contributed by atoms with Crippen LogP contribution in [0.25, 0.3) is 0 Å². The van der Waals surface area contributed by atoms with Gasteiger partial charge in [-0.1, -0.05) is 44.2 Å². The standard InChI is InChI=1S/C25H35N3O4S2/c1-17(2)19-7-11-21(12-8-19)32-14-4-13-28(20-9-5-18(3)6-10-20)25(31)27-24-26-15-23(34-24)33-16-22(29)30/h7-8,11-12,15,17-18,20H,4-6,9-10,13-14,16H2,1-3H3,(H,29,30)(H,26,27,31). The van der Waals surface area contributed by atoms with Crippen LogP contribution in [0.5, 0.6) is 5.75 Å². The number of aromatic nitrogens is 1. The van der Waals surface area contributed by atoms with Crippen molar-refractivity contribution in [2.45, 2.75) is 69.0 Å². The summed E-state index contributed by atoms with van der Waals surface area (Å²) in [6, 6.07) is 8.27. The largest absolute Gasteiger partial charge is 0.494 e. The number of nitrogens with zero attached hydrogens (tertiary/aromatic N) is 2. The molecule has 2 N–H and O–H groups in total. The van der Waals surface area contributed by atoms with Crippen molar-refractivity contribution in [2.24, 2.45) is 5.92 Å². The number of rotatable bonds is 11. The van der Waals surface area contributed by atoms with Gasteiger partial charge in [0.1, 0.15) is 5.75 Å². The third-order valence-electron chi connectivity index (χ3n) is 6.08. The molecule has 0 aliphatic heterocycles. The summed E-state index contributed by atoms with van der Waals surface area (Å²) >= 11 is 2.51. The lowest BCUT2D eigenvalue weighted by Crippen LogP contribution is -2.45. The predicted molar refractivity (Wildman–Crippen MR) is 138 cm³/mol. The molecule has 2 aromatic rings. The Morgan fingerprint density at radius 1 is 1.24 bits per heavy atom. The first-order valence-electron chi connectivity index (χ1n) is 11.9. The van der Waals surface area contributed by atoms with Gasteiger partial charge in [0.25, 0.3) is 0 Å². The molecular formula is C25H35N3O4S2. The molecule has 3 rings (SSSR count). The van der Waals surface area contributed by atoms with Crippen LogP contribution in [-0.4, -0.2) is 51.9 Å². The topological polar surface area (TPSA) is 91.8 Å². The van der Waals surface area contributed by atoms with E-state index in [1.807, 2.05) is 17.0 Å². The molecular weight excluding hydrogens is 470 g/mol. The van der Waals surface area contributed by atoms with Crippen LogP contribution in [0.1, 0.15) is 64.4 Å². The Kier molecular flexibility index (Phi) is 10.1. The zero-order valence-electron chi connectivity index (χ0n) is 20.2. The summed E-state index contributed by atoms with van der Waals surface area (Å²) in [5, 5.41) is 12.3. The highest BCUT2D eigenvalue weighted by atomic mass is 32.2. The van der Waals surface area contributed by atoms with Gasteiger partial charge in [-0.2, -0.15) is 0 Å². The van der Waals surface area contributed by atoms with Gasteiger partial charge in [0.2, 0.25) is 0 Å². The third kappa shape index (κ3) is 8.20. The summed E-state index contributed by atoms with van der Waals surface area (Å²) in [5.74, 6) is 1.14. The fraction of sp³-hybridized carbons (Fsp3) is 0.560. The Balaban J connectivity index is 1.55. The summed E-state index contributed by atoms with van der Waals surface area (Å²) in [5.41, 5.74) is 1.29. The molecule has 1 aromatic heterocycles. The van der Waals surface area contributed by atoms with Crippen molar-refractivity contribution in [1.82, 2.24) is 9.88 Å². The fourth-order valence-corrected chi connectivity index (χ4v) is 5.64. The molecule has 7 nitrogen and oxygen atoms in total. The van der Waals surface area contributed by atoms with E-state index in [2.05, 4.69) is 43.2 Å². The molecule has 0 spiro atoms. The van der Waals surface area contributed by atoms with E-state index in [1.165, 1.54) is 28.7 Å². The molecule has 0 saturated heterocycles. The second-order valence-electron chi connectivity index (χ2n) is 9.13. The number of nitrogens with one attached hydrogen (secondary N) is 1. The SMILES string of the molecule is CC1CCC(N(CCCOc2ccc(C(C)C)cc2)C(=O)Nc2ncc(SCC(=O)O)s2)CC1. The number of carbonyl (C=O) groups is 2. The summed E-state index contributed by atoms with van der Waals surface area (Å²) in [7, 11) is 0. The number of carboxylic acid groups (broad SMARTS) is 1. The number of benzene rings is 1. The highest BCUT2D eigenvalue weighted by molar-refractivity contribution is 8.01. The lowest BCUT2D eigenvalue weighted by Gasteiger charge is -2.36. The normalized spacial score (nSPS) is 18.0. The van der Waals surface area contributed by atoms with Gasteiger partial charge in [-0.15, -0.1) is 11.8 Å². The fourth-order valence-electron chi connectivity index (χ4n) is 4.06. The molecule has 0 radical (unpaired) electrons. The Morgan fingerprint density at radius 2 is 1.94 bits per heavy atom. The first-order chi connectivity index (χ1) is 16.3. The van der Waals surface area contributed by atoms with E-state index in [4.69, 9.17) is 9.84 Å². The first-order valence-corrected chi connectivity index (χ1v) is 13.7. The number of anilines is 1. The molecule has 1 aromatic carbocycles. The maximum absolute atomic E-state index is 13.2. The number of thiazole rings is 1. The van der Waals surface area contributed by atoms with E-state index >= 15 is 0 Å². The van der Waals surface area contributed by atoms with Crippen LogP contribution in [0.2, 0.25) is 0 Å². The average Bonchev–Trinajstić information content (AvgIpc) is 3.26. The molecule has 1 heterocycles. The van der Waals surface area contributed by atoms with Crippen molar-refractivity contribution in [1.29, 1.82) is 0 Å². The van der Waals surface area contributed by atoms with Crippen molar-refractivity contribution < 1.29 is 19.4 Å². The van der Waals surface area contributed by atoms with Crippen molar-refractivity contribution in [2.75, 3.05) is 24.2 Å². The van der Waals surface area contributed by atoms with Crippen LogP contribution < -0.4 is 10.1 Å². The Bertz CT molecular complexity index is 924. The van der Waals surface area contributed by atoms with Crippen LogP contribution in [0.4, 0.5) is 9.93 Å². The van der Waals surface area contributed by atoms with Gasteiger partial charge >= 0.3 is 12.0 Å². The number of hydrogen-bond donors (Lipinski definition) is 2. The van der Waals surface area contributed by atoms with Gasteiger partial charge in [0.15, 0.2) is 5.13 Å². The molecule has 2 amide bonds. The van der Waals surface area contributed by atoms with E-state index in [0.29, 0.717) is 30.1 Å². The minimum atomic E-state index is -0.875. The molecule has 0 unspecified atom stereocenters. The van der Waals surface area contributed by atoms with Gasteiger partial charge in [-0.05, 0) is 61.6 Å². The van der Waals surface area contributed by atoms with Gasteiger partial charge in [0.05, 0.1) is 22.8 Å².